The third-order valence-corrected chi connectivity index (χ3v) is 5.54. The van der Waals surface area contributed by atoms with Crippen molar-refractivity contribution in [1.29, 1.82) is 0 Å². The second-order valence-electron chi connectivity index (χ2n) is 7.04. The van der Waals surface area contributed by atoms with Crippen molar-refractivity contribution < 1.29 is 29.4 Å². The molecule has 0 radical (unpaired) electrons. The Morgan fingerprint density at radius 2 is 1.37 bits per heavy atom. The largest absolute Gasteiger partial charge is 0.480 e. The number of nitrogens with one attached hydrogen (secondary N) is 3. The van der Waals surface area contributed by atoms with Gasteiger partial charge < -0.3 is 31.9 Å². The zero-order valence-electron chi connectivity index (χ0n) is 17.8. The van der Waals surface area contributed by atoms with E-state index in [9.17, 15) is 24.3 Å². The summed E-state index contributed by atoms with van der Waals surface area (Å²) in [5, 5.41) is 25.9. The van der Waals surface area contributed by atoms with Crippen LogP contribution in [0.1, 0.15) is 26.7 Å². The number of nitrogens with two attached hydrogens (primary N) is 1. The van der Waals surface area contributed by atoms with Crippen LogP contribution in [0.4, 0.5) is 0 Å². The normalized spacial score (nSPS) is 15.0. The minimum absolute atomic E-state index is 0.259. The summed E-state index contributed by atoms with van der Waals surface area (Å²) in [6.07, 6.45) is 4.24. The molecule has 0 saturated heterocycles. The number of carbonyl (C=O) groups is 4. The smallest absolute Gasteiger partial charge is 0.326 e. The molecule has 0 aliphatic rings. The molecule has 174 valence electrons. The molecule has 4 atom stereocenters. The van der Waals surface area contributed by atoms with Crippen molar-refractivity contribution in [3.8, 4) is 0 Å². The summed E-state index contributed by atoms with van der Waals surface area (Å²) in [7, 11) is 0. The zero-order chi connectivity index (χ0) is 23.3. The molecule has 0 aromatic rings. The van der Waals surface area contributed by atoms with Gasteiger partial charge in [-0.1, -0.05) is 13.8 Å². The molecule has 0 heterocycles. The average Bonchev–Trinajstić information content (AvgIpc) is 2.70. The minimum atomic E-state index is -1.16. The van der Waals surface area contributed by atoms with Crippen LogP contribution >= 0.6 is 23.5 Å². The predicted octanol–water partition coefficient (Wildman–Crippen LogP) is -0.993. The summed E-state index contributed by atoms with van der Waals surface area (Å²) in [5.74, 6) is -2.18. The highest BCUT2D eigenvalue weighted by Crippen LogP contribution is 2.08. The molecular formula is C18H34N4O6S2. The molecule has 0 aromatic heterocycles. The number of hydrogen-bond donors (Lipinski definition) is 6. The number of aliphatic hydroxyl groups is 1. The van der Waals surface area contributed by atoms with Crippen LogP contribution in [0, 0.1) is 5.92 Å². The molecule has 0 aromatic carbocycles. The SMILES string of the molecule is CSCCC(NC(=O)C(CCSC)NC(=O)C(NC(=O)C(N)CO)C(C)C)C(=O)O. The Hall–Kier alpha value is -1.50. The second kappa shape index (κ2) is 15.3. The molecular weight excluding hydrogens is 432 g/mol. The highest BCUT2D eigenvalue weighted by Gasteiger charge is 2.31. The van der Waals surface area contributed by atoms with Gasteiger partial charge >= 0.3 is 5.97 Å². The minimum Gasteiger partial charge on any atom is -0.480 e. The molecule has 30 heavy (non-hydrogen) atoms. The van der Waals surface area contributed by atoms with E-state index < -0.39 is 54.5 Å². The topological polar surface area (TPSA) is 171 Å². The lowest BCUT2D eigenvalue weighted by Gasteiger charge is -2.26. The van der Waals surface area contributed by atoms with E-state index in [0.717, 1.165) is 0 Å². The van der Waals surface area contributed by atoms with E-state index in [1.54, 1.807) is 13.8 Å². The van der Waals surface area contributed by atoms with Gasteiger partial charge in [0, 0.05) is 0 Å². The average molecular weight is 467 g/mol. The molecule has 3 amide bonds. The van der Waals surface area contributed by atoms with Crippen molar-refractivity contribution in [2.24, 2.45) is 11.7 Å². The monoisotopic (exact) mass is 466 g/mol. The van der Waals surface area contributed by atoms with Crippen LogP contribution in [-0.4, -0.2) is 88.7 Å². The Morgan fingerprint density at radius 3 is 1.80 bits per heavy atom. The van der Waals surface area contributed by atoms with Crippen LogP contribution in [0.2, 0.25) is 0 Å². The van der Waals surface area contributed by atoms with Crippen LogP contribution in [0.3, 0.4) is 0 Å². The molecule has 0 rings (SSSR count). The lowest BCUT2D eigenvalue weighted by Crippen LogP contribution is -2.58. The quantitative estimate of drug-likeness (QED) is 0.177. The number of amides is 3. The van der Waals surface area contributed by atoms with E-state index in [-0.39, 0.29) is 12.3 Å². The van der Waals surface area contributed by atoms with Crippen molar-refractivity contribution in [1.82, 2.24) is 16.0 Å². The number of aliphatic carboxylic acids is 1. The summed E-state index contributed by atoms with van der Waals surface area (Å²) in [6.45, 7) is 2.87. The van der Waals surface area contributed by atoms with Gasteiger partial charge in [0.25, 0.3) is 0 Å². The van der Waals surface area contributed by atoms with Crippen LogP contribution in [0.15, 0.2) is 0 Å². The molecule has 10 nitrogen and oxygen atoms in total. The highest BCUT2D eigenvalue weighted by molar-refractivity contribution is 7.98. The van der Waals surface area contributed by atoms with Gasteiger partial charge in [-0.05, 0) is 42.8 Å². The number of hydrogen-bond acceptors (Lipinski definition) is 8. The van der Waals surface area contributed by atoms with Crippen molar-refractivity contribution >= 4 is 47.2 Å². The maximum Gasteiger partial charge on any atom is 0.326 e. The van der Waals surface area contributed by atoms with E-state index in [0.29, 0.717) is 17.9 Å². The van der Waals surface area contributed by atoms with Gasteiger partial charge in [-0.3, -0.25) is 14.4 Å². The molecule has 0 aliphatic heterocycles. The van der Waals surface area contributed by atoms with E-state index in [4.69, 9.17) is 10.8 Å². The Balaban J connectivity index is 5.30. The summed E-state index contributed by atoms with van der Waals surface area (Å²) < 4.78 is 0. The van der Waals surface area contributed by atoms with Crippen LogP contribution < -0.4 is 21.7 Å². The Labute approximate surface area is 185 Å². The first kappa shape index (κ1) is 28.5. The van der Waals surface area contributed by atoms with Crippen LogP contribution in [0.25, 0.3) is 0 Å². The van der Waals surface area contributed by atoms with Gasteiger partial charge in [-0.25, -0.2) is 4.79 Å². The van der Waals surface area contributed by atoms with E-state index >= 15 is 0 Å². The lowest BCUT2D eigenvalue weighted by molar-refractivity contribution is -0.142. The summed E-state index contributed by atoms with van der Waals surface area (Å²) >= 11 is 2.95. The van der Waals surface area contributed by atoms with E-state index in [2.05, 4.69) is 16.0 Å². The predicted molar refractivity (Wildman–Crippen MR) is 119 cm³/mol. The number of rotatable bonds is 15. The standard InChI is InChI=1S/C18H34N4O6S2/c1-10(2)14(22-15(24)11(19)9-23)17(26)20-12(5-7-29-3)16(25)21-13(18(27)28)6-8-30-4/h10-14,23H,5-9,19H2,1-4H3,(H,20,26)(H,21,25)(H,22,24)(H,27,28). The molecule has 7 N–H and O–H groups in total. The number of carboxylic acids is 1. The zero-order valence-corrected chi connectivity index (χ0v) is 19.5. The third-order valence-electron chi connectivity index (χ3n) is 4.25. The third kappa shape index (κ3) is 10.5. The summed E-state index contributed by atoms with van der Waals surface area (Å²) in [4.78, 5) is 48.8. The molecule has 0 saturated carbocycles. The Bertz CT molecular complexity index is 579. The maximum absolute atomic E-state index is 12.8. The van der Waals surface area contributed by atoms with Crippen molar-refractivity contribution in [2.45, 2.75) is 50.9 Å². The molecule has 0 aliphatic carbocycles. The van der Waals surface area contributed by atoms with Gasteiger partial charge in [0.05, 0.1) is 6.61 Å². The van der Waals surface area contributed by atoms with Gasteiger partial charge in [0.2, 0.25) is 17.7 Å². The summed E-state index contributed by atoms with van der Waals surface area (Å²) in [6, 6.07) is -4.14. The molecule has 0 bridgehead atoms. The van der Waals surface area contributed by atoms with Gasteiger partial charge in [0.1, 0.15) is 24.2 Å². The van der Waals surface area contributed by atoms with Crippen molar-refractivity contribution in [2.75, 3.05) is 30.6 Å². The van der Waals surface area contributed by atoms with Crippen molar-refractivity contribution in [3.63, 3.8) is 0 Å². The van der Waals surface area contributed by atoms with Gasteiger partial charge in [-0.15, -0.1) is 0 Å². The summed E-state index contributed by atoms with van der Waals surface area (Å²) in [5.41, 5.74) is 5.49. The van der Waals surface area contributed by atoms with E-state index in [1.807, 2.05) is 12.5 Å². The van der Waals surface area contributed by atoms with E-state index in [1.165, 1.54) is 23.5 Å². The first-order valence-corrected chi connectivity index (χ1v) is 12.4. The molecule has 0 fully saturated rings. The second-order valence-corrected chi connectivity index (χ2v) is 9.01. The van der Waals surface area contributed by atoms with Gasteiger partial charge in [-0.2, -0.15) is 23.5 Å². The fraction of sp³-hybridized carbons (Fsp3) is 0.778. The first-order valence-electron chi connectivity index (χ1n) is 9.57. The highest BCUT2D eigenvalue weighted by atomic mass is 32.2. The van der Waals surface area contributed by atoms with Crippen molar-refractivity contribution in [3.05, 3.63) is 0 Å². The van der Waals surface area contributed by atoms with Crippen LogP contribution in [-0.2, 0) is 19.2 Å². The number of thioether (sulfide) groups is 2. The molecule has 12 heteroatoms. The number of carbonyl (C=O) groups excluding carboxylic acids is 3. The lowest BCUT2D eigenvalue weighted by atomic mass is 10.0. The number of aliphatic hydroxyl groups excluding tert-OH is 1. The fourth-order valence-electron chi connectivity index (χ4n) is 2.41. The Kier molecular flexibility index (Phi) is 14.6. The molecule has 4 unspecified atom stereocenters. The first-order chi connectivity index (χ1) is 14.1. The van der Waals surface area contributed by atoms with Gasteiger partial charge in [0.15, 0.2) is 0 Å². The van der Waals surface area contributed by atoms with Crippen LogP contribution in [0.5, 0.6) is 0 Å². The fourth-order valence-corrected chi connectivity index (χ4v) is 3.35. The maximum atomic E-state index is 12.8. The Morgan fingerprint density at radius 1 is 0.867 bits per heavy atom. The molecule has 0 spiro atoms. The number of carboxylic acid groups (broad SMARTS) is 1.